The fourth-order valence-electron chi connectivity index (χ4n) is 1.23. The second kappa shape index (κ2) is 7.04. The van der Waals surface area contributed by atoms with E-state index in [9.17, 15) is 4.79 Å². The van der Waals surface area contributed by atoms with Crippen molar-refractivity contribution in [2.75, 3.05) is 7.05 Å². The molecule has 1 aromatic heterocycles. The highest BCUT2D eigenvalue weighted by molar-refractivity contribution is 6.29. The van der Waals surface area contributed by atoms with Crippen molar-refractivity contribution in [3.8, 4) is 6.07 Å². The molecule has 7 heteroatoms. The van der Waals surface area contributed by atoms with Crippen LogP contribution in [0, 0.1) is 16.7 Å². The molecule has 0 saturated heterocycles. The Bertz CT molecular complexity index is 576. The van der Waals surface area contributed by atoms with Gasteiger partial charge < -0.3 is 9.74 Å². The second-order valence-electron chi connectivity index (χ2n) is 5.10. The highest BCUT2D eigenvalue weighted by Crippen LogP contribution is 2.15. The molecule has 6 nitrogen and oxygen atoms in total. The maximum atomic E-state index is 11.6. The fraction of sp³-hybridized carbons (Fsp3) is 0.429. The summed E-state index contributed by atoms with van der Waals surface area (Å²) in [5.74, 6) is -0.182. The van der Waals surface area contributed by atoms with Crippen LogP contribution in [0.3, 0.4) is 0 Å². The summed E-state index contributed by atoms with van der Waals surface area (Å²) in [7, 11) is 1.80. The number of oxime groups is 1. The Kier molecular flexibility index (Phi) is 5.68. The highest BCUT2D eigenvalue weighted by Gasteiger charge is 2.29. The van der Waals surface area contributed by atoms with E-state index < -0.39 is 11.4 Å². The number of nitriles is 1. The van der Waals surface area contributed by atoms with Crippen LogP contribution in [0.4, 0.5) is 0 Å². The van der Waals surface area contributed by atoms with Crippen molar-refractivity contribution in [3.63, 3.8) is 0 Å². The first-order valence-electron chi connectivity index (χ1n) is 6.25. The highest BCUT2D eigenvalue weighted by atomic mass is 35.5. The van der Waals surface area contributed by atoms with Gasteiger partial charge in [-0.15, -0.1) is 0 Å². The Labute approximate surface area is 129 Å². The minimum absolute atomic E-state index is 0.430. The zero-order valence-corrected chi connectivity index (χ0v) is 13.2. The van der Waals surface area contributed by atoms with Gasteiger partial charge in [-0.2, -0.15) is 5.26 Å². The number of carbonyl (C=O) groups excluding carboxylic acids is 1. The van der Waals surface area contributed by atoms with Gasteiger partial charge in [0.15, 0.2) is 5.41 Å². The van der Waals surface area contributed by atoms with Crippen molar-refractivity contribution in [2.45, 2.75) is 27.3 Å². The molecule has 0 radical (unpaired) electrons. The van der Waals surface area contributed by atoms with E-state index in [-0.39, 0.29) is 0 Å². The SMILES string of the molecule is CC(=NOC(=O)C(C)(C)C#N)N(C)Cc1ccc(Cl)nc1. The first-order chi connectivity index (χ1) is 9.76. The second-order valence-corrected chi connectivity index (χ2v) is 5.49. The molecular formula is C14H17ClN4O2. The normalized spacial score (nSPS) is 11.7. The molecule has 0 atom stereocenters. The van der Waals surface area contributed by atoms with Gasteiger partial charge in [0.2, 0.25) is 0 Å². The summed E-state index contributed by atoms with van der Waals surface area (Å²) in [5, 5.41) is 13.0. The molecule has 0 spiro atoms. The van der Waals surface area contributed by atoms with Crippen LogP contribution in [0.25, 0.3) is 0 Å². The third-order valence-corrected chi connectivity index (χ3v) is 3.03. The Morgan fingerprint density at radius 2 is 2.24 bits per heavy atom. The molecule has 0 aromatic carbocycles. The molecule has 0 N–H and O–H groups in total. The zero-order chi connectivity index (χ0) is 16.0. The summed E-state index contributed by atoms with van der Waals surface area (Å²) in [6.07, 6.45) is 1.66. The van der Waals surface area contributed by atoms with E-state index in [0.717, 1.165) is 5.56 Å². The molecule has 112 valence electrons. The van der Waals surface area contributed by atoms with E-state index >= 15 is 0 Å². The Balaban J connectivity index is 2.64. The van der Waals surface area contributed by atoms with Crippen molar-refractivity contribution in [2.24, 2.45) is 10.6 Å². The lowest BCUT2D eigenvalue weighted by atomic mass is 9.97. The van der Waals surface area contributed by atoms with Gasteiger partial charge in [0.1, 0.15) is 11.0 Å². The lowest BCUT2D eigenvalue weighted by Crippen LogP contribution is -2.27. The van der Waals surface area contributed by atoms with Crippen LogP contribution >= 0.6 is 11.6 Å². The van der Waals surface area contributed by atoms with E-state index in [1.54, 1.807) is 31.1 Å². The molecular weight excluding hydrogens is 292 g/mol. The van der Waals surface area contributed by atoms with Gasteiger partial charge in [-0.3, -0.25) is 0 Å². The van der Waals surface area contributed by atoms with Crippen LogP contribution in [0.1, 0.15) is 26.3 Å². The van der Waals surface area contributed by atoms with Gasteiger partial charge >= 0.3 is 5.97 Å². The summed E-state index contributed by atoms with van der Waals surface area (Å²) >= 11 is 5.72. The number of aromatic nitrogens is 1. The molecule has 21 heavy (non-hydrogen) atoms. The van der Waals surface area contributed by atoms with Gasteiger partial charge in [0.05, 0.1) is 6.07 Å². The summed E-state index contributed by atoms with van der Waals surface area (Å²) in [5.41, 5.74) is -0.275. The quantitative estimate of drug-likeness (QED) is 0.281. The molecule has 0 amide bonds. The first-order valence-corrected chi connectivity index (χ1v) is 6.63. The zero-order valence-electron chi connectivity index (χ0n) is 12.4. The monoisotopic (exact) mass is 308 g/mol. The van der Waals surface area contributed by atoms with Crippen LogP contribution in [-0.4, -0.2) is 28.7 Å². The predicted octanol–water partition coefficient (Wildman–Crippen LogP) is 2.59. The fourth-order valence-corrected chi connectivity index (χ4v) is 1.34. The minimum Gasteiger partial charge on any atom is -0.356 e. The number of amidine groups is 1. The van der Waals surface area contributed by atoms with Crippen LogP contribution in [0.5, 0.6) is 0 Å². The minimum atomic E-state index is -1.22. The summed E-state index contributed by atoms with van der Waals surface area (Å²) in [6.45, 7) is 5.20. The number of nitrogens with zero attached hydrogens (tertiary/aromatic N) is 4. The molecule has 0 aliphatic carbocycles. The van der Waals surface area contributed by atoms with Crippen molar-refractivity contribution in [1.82, 2.24) is 9.88 Å². The van der Waals surface area contributed by atoms with Gasteiger partial charge in [0.25, 0.3) is 0 Å². The maximum absolute atomic E-state index is 11.6. The Hall–Kier alpha value is -2.13. The molecule has 0 saturated carbocycles. The van der Waals surface area contributed by atoms with Crippen molar-refractivity contribution < 1.29 is 9.63 Å². The number of hydrogen-bond donors (Lipinski definition) is 0. The summed E-state index contributed by atoms with van der Waals surface area (Å²) < 4.78 is 0. The third kappa shape index (κ3) is 5.04. The summed E-state index contributed by atoms with van der Waals surface area (Å²) in [6, 6.07) is 5.41. The predicted molar refractivity (Wildman–Crippen MR) is 79.3 cm³/mol. The Morgan fingerprint density at radius 3 is 2.76 bits per heavy atom. The largest absolute Gasteiger partial charge is 0.356 e. The van der Waals surface area contributed by atoms with Gasteiger partial charge in [-0.25, -0.2) is 9.78 Å². The van der Waals surface area contributed by atoms with E-state index in [4.69, 9.17) is 21.7 Å². The smallest absolute Gasteiger partial charge is 0.354 e. The molecule has 0 aliphatic rings. The van der Waals surface area contributed by atoms with Gasteiger partial charge in [-0.05, 0) is 32.4 Å². The molecule has 0 bridgehead atoms. The number of rotatable bonds is 4. The van der Waals surface area contributed by atoms with Crippen molar-refractivity contribution in [3.05, 3.63) is 29.0 Å². The standard InChI is InChI=1S/C14H17ClN4O2/c1-10(18-21-13(20)14(2,3)9-16)19(4)8-11-5-6-12(15)17-7-11/h5-7H,8H2,1-4H3. The van der Waals surface area contributed by atoms with E-state index in [1.165, 1.54) is 13.8 Å². The lowest BCUT2D eigenvalue weighted by Gasteiger charge is -2.18. The molecule has 1 heterocycles. The Morgan fingerprint density at radius 1 is 1.57 bits per heavy atom. The lowest BCUT2D eigenvalue weighted by molar-refractivity contribution is -0.150. The average Bonchev–Trinajstić information content (AvgIpc) is 2.46. The number of pyridine rings is 1. The molecule has 0 unspecified atom stereocenters. The molecule has 0 aliphatic heterocycles. The summed E-state index contributed by atoms with van der Waals surface area (Å²) in [4.78, 5) is 22.2. The number of hydrogen-bond acceptors (Lipinski definition) is 5. The van der Waals surface area contributed by atoms with Crippen LogP contribution in [0.2, 0.25) is 5.15 Å². The van der Waals surface area contributed by atoms with Gasteiger partial charge in [0, 0.05) is 19.8 Å². The van der Waals surface area contributed by atoms with Crippen LogP contribution in [-0.2, 0) is 16.2 Å². The van der Waals surface area contributed by atoms with Crippen LogP contribution < -0.4 is 0 Å². The molecule has 1 rings (SSSR count). The van der Waals surface area contributed by atoms with Gasteiger partial charge in [-0.1, -0.05) is 22.8 Å². The van der Waals surface area contributed by atoms with Crippen molar-refractivity contribution >= 4 is 23.4 Å². The van der Waals surface area contributed by atoms with Crippen molar-refractivity contribution in [1.29, 1.82) is 5.26 Å². The average molecular weight is 309 g/mol. The number of carbonyl (C=O) groups is 1. The molecule has 1 aromatic rings. The number of halogens is 1. The van der Waals surface area contributed by atoms with E-state index in [1.807, 2.05) is 12.1 Å². The topological polar surface area (TPSA) is 78.6 Å². The third-order valence-electron chi connectivity index (χ3n) is 2.81. The van der Waals surface area contributed by atoms with E-state index in [2.05, 4.69) is 10.1 Å². The molecule has 0 fully saturated rings. The van der Waals surface area contributed by atoms with Crippen LogP contribution in [0.15, 0.2) is 23.5 Å². The van der Waals surface area contributed by atoms with E-state index in [0.29, 0.717) is 17.5 Å². The maximum Gasteiger partial charge on any atom is 0.354 e. The first kappa shape index (κ1) is 16.9.